The lowest BCUT2D eigenvalue weighted by Gasteiger charge is -2.26. The standard InChI is InChI=1S/C22H29FN4.HI/c1-24-22(26-16-20-6-5-7-21(23)14-20)25-15-18-8-10-19(11-9-18)17-27-12-3-2-4-13-27;/h5-11,14H,2-4,12-13,15-17H2,1H3,(H2,24,25,26);1H. The SMILES string of the molecule is CN=C(NCc1ccc(CN2CCCCC2)cc1)NCc1cccc(F)c1.I. The van der Waals surface area contributed by atoms with Gasteiger partial charge in [-0.1, -0.05) is 42.8 Å². The number of nitrogens with one attached hydrogen (secondary N) is 2. The summed E-state index contributed by atoms with van der Waals surface area (Å²) in [6.45, 7) is 4.72. The summed E-state index contributed by atoms with van der Waals surface area (Å²) < 4.78 is 13.2. The van der Waals surface area contributed by atoms with Crippen LogP contribution in [0.2, 0.25) is 0 Å². The summed E-state index contributed by atoms with van der Waals surface area (Å²) in [5, 5.41) is 6.52. The van der Waals surface area contributed by atoms with E-state index in [0.29, 0.717) is 19.0 Å². The van der Waals surface area contributed by atoms with Gasteiger partial charge in [0.2, 0.25) is 0 Å². The molecule has 0 radical (unpaired) electrons. The molecule has 6 heteroatoms. The molecule has 0 amide bonds. The third kappa shape index (κ3) is 7.39. The number of nitrogens with zero attached hydrogens (tertiary/aromatic N) is 2. The van der Waals surface area contributed by atoms with E-state index in [1.807, 2.05) is 6.07 Å². The van der Waals surface area contributed by atoms with Gasteiger partial charge in [-0.3, -0.25) is 9.89 Å². The molecular formula is C22H30FIN4. The maximum Gasteiger partial charge on any atom is 0.191 e. The topological polar surface area (TPSA) is 39.7 Å². The zero-order valence-electron chi connectivity index (χ0n) is 16.5. The number of benzene rings is 2. The van der Waals surface area contributed by atoms with E-state index < -0.39 is 0 Å². The van der Waals surface area contributed by atoms with Crippen molar-refractivity contribution in [2.24, 2.45) is 4.99 Å². The van der Waals surface area contributed by atoms with Gasteiger partial charge in [0, 0.05) is 26.7 Å². The first-order chi connectivity index (χ1) is 13.2. The van der Waals surface area contributed by atoms with Gasteiger partial charge in [0.1, 0.15) is 5.82 Å². The summed E-state index contributed by atoms with van der Waals surface area (Å²) in [6.07, 6.45) is 4.02. The van der Waals surface area contributed by atoms with Gasteiger partial charge in [0.05, 0.1) is 0 Å². The predicted molar refractivity (Wildman–Crippen MR) is 124 cm³/mol. The Hall–Kier alpha value is -1.67. The van der Waals surface area contributed by atoms with Gasteiger partial charge in [-0.05, 0) is 54.8 Å². The van der Waals surface area contributed by atoms with Crippen LogP contribution in [0.1, 0.15) is 36.0 Å². The largest absolute Gasteiger partial charge is 0.352 e. The van der Waals surface area contributed by atoms with Gasteiger partial charge in [-0.2, -0.15) is 0 Å². The van der Waals surface area contributed by atoms with Crippen molar-refractivity contribution in [3.8, 4) is 0 Å². The van der Waals surface area contributed by atoms with Gasteiger partial charge in [-0.25, -0.2) is 4.39 Å². The molecule has 4 nitrogen and oxygen atoms in total. The molecule has 1 fully saturated rings. The quantitative estimate of drug-likeness (QED) is 0.356. The highest BCUT2D eigenvalue weighted by Gasteiger charge is 2.10. The predicted octanol–water partition coefficient (Wildman–Crippen LogP) is 4.29. The average molecular weight is 496 g/mol. The lowest BCUT2D eigenvalue weighted by molar-refractivity contribution is 0.221. The molecule has 1 saturated heterocycles. The maximum absolute atomic E-state index is 13.2. The second-order valence-corrected chi connectivity index (χ2v) is 7.06. The molecule has 0 atom stereocenters. The Morgan fingerprint density at radius 1 is 0.929 bits per heavy atom. The maximum atomic E-state index is 13.2. The summed E-state index contributed by atoms with van der Waals surface area (Å²) in [4.78, 5) is 6.77. The van der Waals surface area contributed by atoms with E-state index in [1.54, 1.807) is 13.1 Å². The van der Waals surface area contributed by atoms with Crippen LogP contribution < -0.4 is 10.6 Å². The third-order valence-corrected chi connectivity index (χ3v) is 4.91. The van der Waals surface area contributed by atoms with Crippen LogP contribution in [0.4, 0.5) is 4.39 Å². The van der Waals surface area contributed by atoms with E-state index in [4.69, 9.17) is 0 Å². The molecule has 28 heavy (non-hydrogen) atoms. The molecule has 0 saturated carbocycles. The smallest absolute Gasteiger partial charge is 0.191 e. The van der Waals surface area contributed by atoms with E-state index in [1.165, 1.54) is 55.6 Å². The van der Waals surface area contributed by atoms with Gasteiger partial charge < -0.3 is 10.6 Å². The summed E-state index contributed by atoms with van der Waals surface area (Å²) in [6, 6.07) is 15.4. The van der Waals surface area contributed by atoms with Crippen LogP contribution in [-0.4, -0.2) is 31.0 Å². The van der Waals surface area contributed by atoms with Crippen molar-refractivity contribution in [3.05, 3.63) is 71.0 Å². The van der Waals surface area contributed by atoms with Crippen molar-refractivity contribution in [1.82, 2.24) is 15.5 Å². The van der Waals surface area contributed by atoms with Crippen molar-refractivity contribution in [3.63, 3.8) is 0 Å². The Kier molecular flexibility index (Phi) is 9.70. The number of aliphatic imine (C=N–C) groups is 1. The molecule has 1 heterocycles. The van der Waals surface area contributed by atoms with E-state index in [9.17, 15) is 4.39 Å². The van der Waals surface area contributed by atoms with Gasteiger partial charge in [0.15, 0.2) is 5.96 Å². The lowest BCUT2D eigenvalue weighted by Crippen LogP contribution is -2.36. The number of rotatable bonds is 6. The monoisotopic (exact) mass is 496 g/mol. The van der Waals surface area contributed by atoms with Crippen molar-refractivity contribution in [1.29, 1.82) is 0 Å². The highest BCUT2D eigenvalue weighted by atomic mass is 127. The first kappa shape index (κ1) is 22.6. The van der Waals surface area contributed by atoms with Gasteiger partial charge in [0.25, 0.3) is 0 Å². The van der Waals surface area contributed by atoms with Crippen LogP contribution in [0, 0.1) is 5.82 Å². The number of hydrogen-bond acceptors (Lipinski definition) is 2. The number of likely N-dealkylation sites (tertiary alicyclic amines) is 1. The fourth-order valence-electron chi connectivity index (χ4n) is 3.38. The summed E-state index contributed by atoms with van der Waals surface area (Å²) >= 11 is 0. The molecule has 0 aromatic heterocycles. The molecule has 0 aliphatic carbocycles. The molecule has 152 valence electrons. The van der Waals surface area contributed by atoms with E-state index >= 15 is 0 Å². The minimum atomic E-state index is -0.220. The van der Waals surface area contributed by atoms with Crippen LogP contribution in [-0.2, 0) is 19.6 Å². The second-order valence-electron chi connectivity index (χ2n) is 7.06. The summed E-state index contributed by atoms with van der Waals surface area (Å²) in [5.41, 5.74) is 3.47. The van der Waals surface area contributed by atoms with Crippen LogP contribution >= 0.6 is 24.0 Å². The van der Waals surface area contributed by atoms with E-state index in [-0.39, 0.29) is 29.8 Å². The Balaban J connectivity index is 0.00000280. The molecular weight excluding hydrogens is 466 g/mol. The average Bonchev–Trinajstić information content (AvgIpc) is 2.70. The third-order valence-electron chi connectivity index (χ3n) is 4.91. The van der Waals surface area contributed by atoms with E-state index in [0.717, 1.165) is 12.1 Å². The minimum Gasteiger partial charge on any atom is -0.352 e. The molecule has 2 aromatic rings. The molecule has 3 rings (SSSR count). The highest BCUT2D eigenvalue weighted by Crippen LogP contribution is 2.13. The van der Waals surface area contributed by atoms with E-state index in [2.05, 4.69) is 44.8 Å². The molecule has 0 unspecified atom stereocenters. The van der Waals surface area contributed by atoms with Crippen LogP contribution in [0.15, 0.2) is 53.5 Å². The lowest BCUT2D eigenvalue weighted by atomic mass is 10.1. The Bertz CT molecular complexity index is 742. The Morgan fingerprint density at radius 2 is 1.57 bits per heavy atom. The number of guanidine groups is 1. The van der Waals surface area contributed by atoms with Crippen molar-refractivity contribution in [2.45, 2.75) is 38.9 Å². The van der Waals surface area contributed by atoms with Crippen molar-refractivity contribution in [2.75, 3.05) is 20.1 Å². The highest BCUT2D eigenvalue weighted by molar-refractivity contribution is 14.0. The summed E-state index contributed by atoms with van der Waals surface area (Å²) in [5.74, 6) is 0.485. The number of hydrogen-bond donors (Lipinski definition) is 2. The van der Waals surface area contributed by atoms with Crippen LogP contribution in [0.25, 0.3) is 0 Å². The first-order valence-electron chi connectivity index (χ1n) is 9.72. The summed E-state index contributed by atoms with van der Waals surface area (Å²) in [7, 11) is 1.74. The molecule has 2 N–H and O–H groups in total. The van der Waals surface area contributed by atoms with Crippen molar-refractivity contribution < 1.29 is 4.39 Å². The van der Waals surface area contributed by atoms with Crippen molar-refractivity contribution >= 4 is 29.9 Å². The normalized spacial score (nSPS) is 15.0. The Morgan fingerprint density at radius 3 is 2.21 bits per heavy atom. The Labute approximate surface area is 184 Å². The van der Waals surface area contributed by atoms with Crippen LogP contribution in [0.3, 0.4) is 0 Å². The number of piperidine rings is 1. The number of halogens is 2. The van der Waals surface area contributed by atoms with Gasteiger partial charge >= 0.3 is 0 Å². The minimum absolute atomic E-state index is 0. The van der Waals surface area contributed by atoms with Gasteiger partial charge in [-0.15, -0.1) is 24.0 Å². The zero-order chi connectivity index (χ0) is 18.9. The molecule has 1 aliphatic rings. The zero-order valence-corrected chi connectivity index (χ0v) is 18.8. The molecule has 0 spiro atoms. The first-order valence-corrected chi connectivity index (χ1v) is 9.72. The fraction of sp³-hybridized carbons (Fsp3) is 0.409. The second kappa shape index (κ2) is 12.0. The molecule has 2 aromatic carbocycles. The van der Waals surface area contributed by atoms with Crippen LogP contribution in [0.5, 0.6) is 0 Å². The molecule has 0 bridgehead atoms. The fourth-order valence-corrected chi connectivity index (χ4v) is 3.38. The molecule has 1 aliphatic heterocycles.